The molecule has 1 aliphatic rings. The molecule has 128 valence electrons. The molecular weight excluding hydrogens is 308 g/mol. The zero-order valence-electron chi connectivity index (χ0n) is 13.8. The predicted octanol–water partition coefficient (Wildman–Crippen LogP) is 2.33. The summed E-state index contributed by atoms with van der Waals surface area (Å²) in [7, 11) is 1.58. The molecule has 2 rings (SSSR count). The van der Waals surface area contributed by atoms with E-state index in [4.69, 9.17) is 9.47 Å². The molecule has 1 fully saturated rings. The Labute approximate surface area is 141 Å². The second kappa shape index (κ2) is 8.46. The monoisotopic (exact) mass is 330 g/mol. The SMILES string of the molecule is COCc1cccc(C(=O)OCC(=O)NC2(C#N)CCCCC2)c1. The normalized spacial score (nSPS) is 16.0. The number of hydrogen-bond acceptors (Lipinski definition) is 5. The standard InChI is InChI=1S/C18H22N2O4/c1-23-11-14-6-5-7-15(10-14)17(22)24-12-16(21)20-18(13-19)8-3-2-4-9-18/h5-7,10H,2-4,8-9,11-12H2,1H3,(H,20,21). The van der Waals surface area contributed by atoms with Gasteiger partial charge in [-0.05, 0) is 30.5 Å². The van der Waals surface area contributed by atoms with Crippen molar-refractivity contribution in [1.82, 2.24) is 5.32 Å². The molecule has 6 nitrogen and oxygen atoms in total. The number of rotatable bonds is 6. The van der Waals surface area contributed by atoms with Crippen LogP contribution in [0.3, 0.4) is 0 Å². The average Bonchev–Trinajstić information content (AvgIpc) is 2.61. The van der Waals surface area contributed by atoms with Crippen LogP contribution >= 0.6 is 0 Å². The first-order valence-corrected chi connectivity index (χ1v) is 8.06. The Bertz CT molecular complexity index is 630. The summed E-state index contributed by atoms with van der Waals surface area (Å²) in [5, 5.41) is 12.1. The minimum atomic E-state index is -0.819. The maximum absolute atomic E-state index is 12.0. The number of nitrogens with zero attached hydrogens (tertiary/aromatic N) is 1. The van der Waals surface area contributed by atoms with E-state index in [2.05, 4.69) is 11.4 Å². The third kappa shape index (κ3) is 4.80. The topological polar surface area (TPSA) is 88.4 Å². The van der Waals surface area contributed by atoms with Crippen molar-refractivity contribution in [2.75, 3.05) is 13.7 Å². The largest absolute Gasteiger partial charge is 0.452 e. The van der Waals surface area contributed by atoms with Crippen LogP contribution in [0, 0.1) is 11.3 Å². The Hall–Kier alpha value is -2.39. The number of esters is 1. The van der Waals surface area contributed by atoms with Crippen LogP contribution in [0.25, 0.3) is 0 Å². The van der Waals surface area contributed by atoms with Gasteiger partial charge in [-0.3, -0.25) is 4.79 Å². The minimum absolute atomic E-state index is 0.366. The molecule has 6 heteroatoms. The highest BCUT2D eigenvalue weighted by molar-refractivity contribution is 5.91. The van der Waals surface area contributed by atoms with Crippen LogP contribution in [0.5, 0.6) is 0 Å². The summed E-state index contributed by atoms with van der Waals surface area (Å²) in [6.07, 6.45) is 4.19. The minimum Gasteiger partial charge on any atom is -0.452 e. The molecular formula is C18H22N2O4. The first kappa shape index (κ1) is 18.0. The van der Waals surface area contributed by atoms with Crippen LogP contribution in [0.15, 0.2) is 24.3 Å². The van der Waals surface area contributed by atoms with Crippen LogP contribution in [-0.2, 0) is 20.9 Å². The number of methoxy groups -OCH3 is 1. The van der Waals surface area contributed by atoms with Gasteiger partial charge in [-0.2, -0.15) is 5.26 Å². The van der Waals surface area contributed by atoms with E-state index in [1.165, 1.54) is 0 Å². The summed E-state index contributed by atoms with van der Waals surface area (Å²) in [6.45, 7) is 0.00304. The van der Waals surface area contributed by atoms with E-state index < -0.39 is 24.0 Å². The Morgan fingerprint density at radius 3 is 2.71 bits per heavy atom. The smallest absolute Gasteiger partial charge is 0.338 e. The van der Waals surface area contributed by atoms with Crippen molar-refractivity contribution < 1.29 is 19.1 Å². The third-order valence-electron chi connectivity index (χ3n) is 4.11. The van der Waals surface area contributed by atoms with Crippen molar-refractivity contribution in [3.63, 3.8) is 0 Å². The summed E-state index contributed by atoms with van der Waals surface area (Å²) >= 11 is 0. The lowest BCUT2D eigenvalue weighted by Gasteiger charge is -2.31. The van der Waals surface area contributed by atoms with Gasteiger partial charge in [-0.25, -0.2) is 4.79 Å². The Kier molecular flexibility index (Phi) is 6.33. The first-order valence-electron chi connectivity index (χ1n) is 8.06. The molecule has 0 atom stereocenters. The van der Waals surface area contributed by atoms with E-state index in [0.717, 1.165) is 24.8 Å². The fourth-order valence-electron chi connectivity index (χ4n) is 2.89. The highest BCUT2D eigenvalue weighted by Gasteiger charge is 2.33. The molecule has 1 saturated carbocycles. The molecule has 0 unspecified atom stereocenters. The van der Waals surface area contributed by atoms with Crippen molar-refractivity contribution in [3.05, 3.63) is 35.4 Å². The maximum Gasteiger partial charge on any atom is 0.338 e. The van der Waals surface area contributed by atoms with Crippen LogP contribution in [0.1, 0.15) is 48.0 Å². The fraction of sp³-hybridized carbons (Fsp3) is 0.500. The summed E-state index contributed by atoms with van der Waals surface area (Å²) < 4.78 is 10.1. The number of ether oxygens (including phenoxy) is 2. The lowest BCUT2D eigenvalue weighted by molar-refractivity contribution is -0.125. The number of hydrogen-bond donors (Lipinski definition) is 1. The highest BCUT2D eigenvalue weighted by atomic mass is 16.5. The van der Waals surface area contributed by atoms with Gasteiger partial charge in [0, 0.05) is 7.11 Å². The van der Waals surface area contributed by atoms with Gasteiger partial charge >= 0.3 is 5.97 Å². The fourth-order valence-corrected chi connectivity index (χ4v) is 2.89. The van der Waals surface area contributed by atoms with Gasteiger partial charge in [0.05, 0.1) is 18.2 Å². The molecule has 1 aromatic rings. The van der Waals surface area contributed by atoms with E-state index in [1.807, 2.05) is 6.07 Å². The molecule has 1 aliphatic carbocycles. The molecule has 0 bridgehead atoms. The highest BCUT2D eigenvalue weighted by Crippen LogP contribution is 2.27. The van der Waals surface area contributed by atoms with Gasteiger partial charge in [-0.15, -0.1) is 0 Å². The summed E-state index contributed by atoms with van der Waals surface area (Å²) in [4.78, 5) is 24.1. The number of carbonyl (C=O) groups is 2. The third-order valence-corrected chi connectivity index (χ3v) is 4.11. The van der Waals surface area contributed by atoms with Crippen molar-refractivity contribution in [1.29, 1.82) is 5.26 Å². The van der Waals surface area contributed by atoms with Crippen molar-refractivity contribution in [2.24, 2.45) is 0 Å². The van der Waals surface area contributed by atoms with E-state index in [-0.39, 0.29) is 0 Å². The Morgan fingerprint density at radius 1 is 1.29 bits per heavy atom. The van der Waals surface area contributed by atoms with Crippen molar-refractivity contribution in [2.45, 2.75) is 44.2 Å². The molecule has 0 aromatic heterocycles. The summed E-state index contributed by atoms with van der Waals surface area (Å²) in [6, 6.07) is 9.07. The van der Waals surface area contributed by atoms with Gasteiger partial charge in [0.15, 0.2) is 6.61 Å². The zero-order valence-corrected chi connectivity index (χ0v) is 13.8. The number of nitrogens with one attached hydrogen (secondary N) is 1. The van der Waals surface area contributed by atoms with Gasteiger partial charge in [-0.1, -0.05) is 31.4 Å². The predicted molar refractivity (Wildman–Crippen MR) is 87.0 cm³/mol. The lowest BCUT2D eigenvalue weighted by atomic mass is 9.83. The molecule has 1 amide bonds. The number of carbonyl (C=O) groups excluding carboxylic acids is 2. The second-order valence-electron chi connectivity index (χ2n) is 6.01. The quantitative estimate of drug-likeness (QED) is 0.809. The van der Waals surface area contributed by atoms with Crippen LogP contribution in [-0.4, -0.2) is 31.1 Å². The molecule has 0 saturated heterocycles. The molecule has 24 heavy (non-hydrogen) atoms. The van der Waals surface area contributed by atoms with E-state index in [9.17, 15) is 14.9 Å². The molecule has 0 heterocycles. The number of amides is 1. The second-order valence-corrected chi connectivity index (χ2v) is 6.01. The summed E-state index contributed by atoms with van der Waals surface area (Å²) in [5.41, 5.74) is 0.396. The van der Waals surface area contributed by atoms with Crippen LogP contribution in [0.4, 0.5) is 0 Å². The van der Waals surface area contributed by atoms with Gasteiger partial charge in [0.2, 0.25) is 0 Å². The maximum atomic E-state index is 12.0. The first-order chi connectivity index (χ1) is 11.6. The van der Waals surface area contributed by atoms with Crippen LogP contribution in [0.2, 0.25) is 0 Å². The number of benzene rings is 1. The number of nitriles is 1. The van der Waals surface area contributed by atoms with Crippen molar-refractivity contribution in [3.8, 4) is 6.07 Å². The van der Waals surface area contributed by atoms with Gasteiger partial charge in [0.1, 0.15) is 5.54 Å². The van der Waals surface area contributed by atoms with Gasteiger partial charge in [0.25, 0.3) is 5.91 Å². The molecule has 1 N–H and O–H groups in total. The zero-order chi connectivity index (χ0) is 17.4. The Morgan fingerprint density at radius 2 is 2.04 bits per heavy atom. The molecule has 1 aromatic carbocycles. The van der Waals surface area contributed by atoms with Crippen LogP contribution < -0.4 is 5.32 Å². The lowest BCUT2D eigenvalue weighted by Crippen LogP contribution is -2.50. The van der Waals surface area contributed by atoms with Gasteiger partial charge < -0.3 is 14.8 Å². The summed E-state index contributed by atoms with van der Waals surface area (Å²) in [5.74, 6) is -1.02. The molecule has 0 spiro atoms. The van der Waals surface area contributed by atoms with E-state index in [1.54, 1.807) is 25.3 Å². The van der Waals surface area contributed by atoms with Crippen molar-refractivity contribution >= 4 is 11.9 Å². The molecule has 0 aliphatic heterocycles. The van der Waals surface area contributed by atoms with E-state index in [0.29, 0.717) is 25.0 Å². The molecule has 0 radical (unpaired) electrons. The Balaban J connectivity index is 1.88. The average molecular weight is 330 g/mol. The van der Waals surface area contributed by atoms with E-state index >= 15 is 0 Å².